The lowest BCUT2D eigenvalue weighted by atomic mass is 10.1. The molecule has 7 heteroatoms. The predicted octanol–water partition coefficient (Wildman–Crippen LogP) is 3.85. The van der Waals surface area contributed by atoms with Gasteiger partial charge in [-0.15, -0.1) is 0 Å². The van der Waals surface area contributed by atoms with Gasteiger partial charge < -0.3 is 10.4 Å². The standard InChI is InChI=1S/C18H22N4O2S/c1-11(2)17-15(22-18(20-17)25-12(3)21-22)10-19-14-6-4-5-13(9-14)7-8-16(23)24/h4-6,9,11,19H,7-8,10H2,1-3H3,(H,23,24). The van der Waals surface area contributed by atoms with Crippen LogP contribution in [0.25, 0.3) is 4.96 Å². The summed E-state index contributed by atoms with van der Waals surface area (Å²) in [5, 5.41) is 17.8. The Kier molecular flexibility index (Phi) is 5.03. The summed E-state index contributed by atoms with van der Waals surface area (Å²) in [7, 11) is 0. The number of nitrogens with one attached hydrogen (secondary N) is 1. The molecule has 0 spiro atoms. The summed E-state index contributed by atoms with van der Waals surface area (Å²) >= 11 is 1.60. The topological polar surface area (TPSA) is 79.5 Å². The van der Waals surface area contributed by atoms with Crippen LogP contribution in [0.15, 0.2) is 24.3 Å². The zero-order chi connectivity index (χ0) is 18.0. The molecule has 0 saturated heterocycles. The number of aryl methyl sites for hydroxylation is 2. The van der Waals surface area contributed by atoms with Crippen LogP contribution < -0.4 is 5.32 Å². The maximum atomic E-state index is 10.7. The molecule has 0 aliphatic carbocycles. The van der Waals surface area contributed by atoms with Gasteiger partial charge in [0.2, 0.25) is 4.96 Å². The summed E-state index contributed by atoms with van der Waals surface area (Å²) in [5.41, 5.74) is 4.12. The first-order valence-corrected chi connectivity index (χ1v) is 9.15. The molecule has 3 aromatic rings. The molecule has 0 bridgehead atoms. The molecule has 25 heavy (non-hydrogen) atoms. The summed E-state index contributed by atoms with van der Waals surface area (Å²) in [6.07, 6.45) is 0.673. The predicted molar refractivity (Wildman–Crippen MR) is 99.4 cm³/mol. The zero-order valence-electron chi connectivity index (χ0n) is 14.6. The van der Waals surface area contributed by atoms with Crippen molar-refractivity contribution in [2.24, 2.45) is 0 Å². The first kappa shape index (κ1) is 17.4. The van der Waals surface area contributed by atoms with Crippen LogP contribution >= 0.6 is 11.3 Å². The van der Waals surface area contributed by atoms with Crippen LogP contribution in [0.1, 0.15) is 48.1 Å². The van der Waals surface area contributed by atoms with Crippen molar-refractivity contribution in [2.75, 3.05) is 5.32 Å². The van der Waals surface area contributed by atoms with Crippen molar-refractivity contribution in [2.45, 2.75) is 46.1 Å². The van der Waals surface area contributed by atoms with Crippen LogP contribution in [0.4, 0.5) is 5.69 Å². The minimum absolute atomic E-state index is 0.141. The number of aliphatic carboxylic acids is 1. The highest BCUT2D eigenvalue weighted by atomic mass is 32.1. The number of hydrogen-bond donors (Lipinski definition) is 2. The second-order valence-electron chi connectivity index (χ2n) is 6.36. The Morgan fingerprint density at radius 1 is 1.40 bits per heavy atom. The van der Waals surface area contributed by atoms with Gasteiger partial charge in [-0.3, -0.25) is 4.79 Å². The number of carboxylic acids is 1. The zero-order valence-corrected chi connectivity index (χ0v) is 15.4. The van der Waals surface area contributed by atoms with Crippen molar-refractivity contribution in [1.29, 1.82) is 0 Å². The third-order valence-electron chi connectivity index (χ3n) is 3.99. The molecule has 0 aliphatic rings. The molecule has 2 N–H and O–H groups in total. The van der Waals surface area contributed by atoms with Crippen LogP contribution in [0, 0.1) is 6.92 Å². The van der Waals surface area contributed by atoms with E-state index >= 15 is 0 Å². The van der Waals surface area contributed by atoms with E-state index in [9.17, 15) is 4.79 Å². The molecular formula is C18H22N4O2S. The lowest BCUT2D eigenvalue weighted by molar-refractivity contribution is -0.136. The SMILES string of the molecule is Cc1nn2c(CNc3cccc(CCC(=O)O)c3)c(C(C)C)nc2s1. The minimum atomic E-state index is -0.777. The lowest BCUT2D eigenvalue weighted by Gasteiger charge is -2.10. The lowest BCUT2D eigenvalue weighted by Crippen LogP contribution is -2.07. The van der Waals surface area contributed by atoms with Gasteiger partial charge in [-0.05, 0) is 37.0 Å². The maximum absolute atomic E-state index is 10.7. The molecule has 0 atom stereocenters. The van der Waals surface area contributed by atoms with E-state index in [1.54, 1.807) is 11.3 Å². The summed E-state index contributed by atoms with van der Waals surface area (Å²) < 4.78 is 1.93. The fraction of sp³-hybridized carbons (Fsp3) is 0.389. The third kappa shape index (κ3) is 3.99. The highest BCUT2D eigenvalue weighted by Gasteiger charge is 2.17. The highest BCUT2D eigenvalue weighted by molar-refractivity contribution is 7.16. The van der Waals surface area contributed by atoms with Crippen LogP contribution in [0.2, 0.25) is 0 Å². The number of nitrogens with zero attached hydrogens (tertiary/aromatic N) is 3. The van der Waals surface area contributed by atoms with Crippen molar-refractivity contribution < 1.29 is 9.90 Å². The number of benzene rings is 1. The molecule has 0 amide bonds. The fourth-order valence-electron chi connectivity index (χ4n) is 2.80. The average molecular weight is 358 g/mol. The molecule has 132 valence electrons. The monoisotopic (exact) mass is 358 g/mol. The van der Waals surface area contributed by atoms with Crippen LogP contribution in [0.3, 0.4) is 0 Å². The Balaban J connectivity index is 1.79. The summed E-state index contributed by atoms with van der Waals surface area (Å²) in [4.78, 5) is 16.4. The van der Waals surface area contributed by atoms with Crippen molar-refractivity contribution in [3.05, 3.63) is 46.2 Å². The molecule has 6 nitrogen and oxygen atoms in total. The van der Waals surface area contributed by atoms with Gasteiger partial charge in [-0.1, -0.05) is 37.3 Å². The van der Waals surface area contributed by atoms with Crippen molar-refractivity contribution >= 4 is 28.0 Å². The summed E-state index contributed by atoms with van der Waals surface area (Å²) in [6, 6.07) is 7.89. The van der Waals surface area contributed by atoms with Gasteiger partial charge in [0, 0.05) is 12.1 Å². The molecule has 3 rings (SSSR count). The van der Waals surface area contributed by atoms with Crippen LogP contribution in [0.5, 0.6) is 0 Å². The number of rotatable bonds is 7. The maximum Gasteiger partial charge on any atom is 0.303 e. The Morgan fingerprint density at radius 3 is 2.92 bits per heavy atom. The van der Waals surface area contributed by atoms with E-state index in [0.29, 0.717) is 18.9 Å². The number of hydrogen-bond acceptors (Lipinski definition) is 5. The number of imidazole rings is 1. The van der Waals surface area contributed by atoms with E-state index in [0.717, 1.165) is 32.6 Å². The molecule has 0 fully saturated rings. The Labute approximate surface area is 150 Å². The van der Waals surface area contributed by atoms with Crippen molar-refractivity contribution in [1.82, 2.24) is 14.6 Å². The van der Waals surface area contributed by atoms with Gasteiger partial charge in [0.05, 0.1) is 17.9 Å². The number of fused-ring (bicyclic) bond motifs is 1. The van der Waals surface area contributed by atoms with Gasteiger partial charge in [-0.2, -0.15) is 5.10 Å². The quantitative estimate of drug-likeness (QED) is 0.670. The first-order chi connectivity index (χ1) is 11.9. The number of anilines is 1. The molecule has 1 aromatic carbocycles. The largest absolute Gasteiger partial charge is 0.481 e. The Bertz CT molecular complexity index is 898. The van der Waals surface area contributed by atoms with Gasteiger partial charge in [0.1, 0.15) is 5.01 Å². The average Bonchev–Trinajstić information content (AvgIpc) is 3.07. The van der Waals surface area contributed by atoms with Crippen molar-refractivity contribution in [3.63, 3.8) is 0 Å². The van der Waals surface area contributed by atoms with Crippen LogP contribution in [-0.2, 0) is 17.8 Å². The first-order valence-electron chi connectivity index (χ1n) is 8.33. The minimum Gasteiger partial charge on any atom is -0.481 e. The Hall–Kier alpha value is -2.41. The normalized spacial score (nSPS) is 11.4. The number of carboxylic acid groups (broad SMARTS) is 1. The van der Waals surface area contributed by atoms with E-state index in [-0.39, 0.29) is 6.42 Å². The van der Waals surface area contributed by atoms with Crippen molar-refractivity contribution in [3.8, 4) is 0 Å². The van der Waals surface area contributed by atoms with E-state index in [1.807, 2.05) is 35.7 Å². The summed E-state index contributed by atoms with van der Waals surface area (Å²) in [6.45, 7) is 6.88. The number of carbonyl (C=O) groups is 1. The smallest absolute Gasteiger partial charge is 0.303 e. The van der Waals surface area contributed by atoms with E-state index in [2.05, 4.69) is 24.3 Å². The molecule has 0 aliphatic heterocycles. The fourth-order valence-corrected chi connectivity index (χ4v) is 3.57. The second kappa shape index (κ2) is 7.23. The van der Waals surface area contributed by atoms with E-state index in [1.165, 1.54) is 0 Å². The van der Waals surface area contributed by atoms with Gasteiger partial charge in [0.25, 0.3) is 0 Å². The Morgan fingerprint density at radius 2 is 2.20 bits per heavy atom. The second-order valence-corrected chi connectivity index (χ2v) is 7.52. The highest BCUT2D eigenvalue weighted by Crippen LogP contribution is 2.25. The van der Waals surface area contributed by atoms with Gasteiger partial charge in [0.15, 0.2) is 0 Å². The van der Waals surface area contributed by atoms with E-state index < -0.39 is 5.97 Å². The molecule has 0 radical (unpaired) electrons. The van der Waals surface area contributed by atoms with Gasteiger partial charge >= 0.3 is 5.97 Å². The molecule has 0 unspecified atom stereocenters. The van der Waals surface area contributed by atoms with Gasteiger partial charge in [-0.25, -0.2) is 9.50 Å². The molecule has 2 heterocycles. The molecule has 0 saturated carbocycles. The van der Waals surface area contributed by atoms with Crippen LogP contribution in [-0.4, -0.2) is 25.7 Å². The van der Waals surface area contributed by atoms with E-state index in [4.69, 9.17) is 10.1 Å². The third-order valence-corrected chi connectivity index (χ3v) is 4.81. The summed E-state index contributed by atoms with van der Waals surface area (Å²) in [5.74, 6) is -0.451. The molecular weight excluding hydrogens is 336 g/mol. The number of aromatic nitrogens is 3. The molecule has 2 aromatic heterocycles.